The van der Waals surface area contributed by atoms with Gasteiger partial charge in [-0.2, -0.15) is 0 Å². The van der Waals surface area contributed by atoms with E-state index in [1.54, 1.807) is 10.8 Å². The molecule has 5 rings (SSSR count). The number of thiazole rings is 2. The number of imidazole rings is 1. The zero-order chi connectivity index (χ0) is 61.4. The van der Waals surface area contributed by atoms with Gasteiger partial charge in [-0.3, -0.25) is 33.6 Å². The molecular formula is C49H75N16O15S3+. The Bertz CT molecular complexity index is 2830. The first-order valence-electron chi connectivity index (χ1n) is 26.0. The number of rotatable bonds is 32. The number of H-pyrrole nitrogens is 1. The van der Waals surface area contributed by atoms with Gasteiger partial charge in [-0.15, -0.1) is 22.7 Å². The van der Waals surface area contributed by atoms with Crippen LogP contribution < -0.4 is 54.8 Å². The highest BCUT2D eigenvalue weighted by Crippen LogP contribution is 2.31. The Morgan fingerprint density at radius 1 is 0.892 bits per heavy atom. The van der Waals surface area contributed by atoms with Gasteiger partial charge in [0, 0.05) is 62.3 Å². The van der Waals surface area contributed by atoms with Gasteiger partial charge in [-0.25, -0.2) is 24.9 Å². The van der Waals surface area contributed by atoms with Crippen molar-refractivity contribution in [3.05, 3.63) is 56.8 Å². The summed E-state index contributed by atoms with van der Waals surface area (Å²) in [5.41, 5.74) is 23.2. The molecule has 6 unspecified atom stereocenters. The minimum atomic E-state index is -1.94. The Balaban J connectivity index is 1.33. The van der Waals surface area contributed by atoms with Gasteiger partial charge in [0.25, 0.3) is 11.8 Å². The van der Waals surface area contributed by atoms with Gasteiger partial charge in [-0.05, 0) is 31.7 Å². The van der Waals surface area contributed by atoms with Crippen molar-refractivity contribution in [1.29, 1.82) is 0 Å². The number of ether oxygens (including phenoxy) is 3. The molecule has 31 nitrogen and oxygen atoms in total. The lowest BCUT2D eigenvalue weighted by molar-refractivity contribution is -0.318. The number of nitrogen functional groups attached to an aromatic ring is 1. The van der Waals surface area contributed by atoms with Crippen molar-refractivity contribution >= 4 is 80.7 Å². The maximum absolute atomic E-state index is 14.8. The Hall–Kier alpha value is -6.41. The van der Waals surface area contributed by atoms with E-state index in [-0.39, 0.29) is 64.9 Å². The number of primary amides is 2. The first-order chi connectivity index (χ1) is 39.3. The van der Waals surface area contributed by atoms with Gasteiger partial charge < -0.3 is 99.6 Å². The predicted octanol–water partition coefficient (Wildman–Crippen LogP) is -4.98. The summed E-state index contributed by atoms with van der Waals surface area (Å²) in [5, 5.41) is 74.6. The average molecular weight is 1220 g/mol. The van der Waals surface area contributed by atoms with Gasteiger partial charge in [0.15, 0.2) is 6.29 Å². The number of anilines is 1. The number of methoxy groups -OCH3 is 1. The molecule has 1 fully saturated rings. The van der Waals surface area contributed by atoms with Gasteiger partial charge >= 0.3 is 0 Å². The maximum atomic E-state index is 14.8. The van der Waals surface area contributed by atoms with Gasteiger partial charge in [-0.1, -0.05) is 6.92 Å². The first kappa shape index (κ1) is 67.4. The predicted molar refractivity (Wildman–Crippen MR) is 302 cm³/mol. The molecule has 1 saturated heterocycles. The number of carbonyl (C=O) groups excluding carboxylic acids is 7. The van der Waals surface area contributed by atoms with Crippen molar-refractivity contribution in [2.45, 2.75) is 126 Å². The molecule has 34 heteroatoms. The molecule has 0 bridgehead atoms. The van der Waals surface area contributed by atoms with Crippen molar-refractivity contribution in [1.82, 2.24) is 61.8 Å². The van der Waals surface area contributed by atoms with Crippen molar-refractivity contribution < 1.29 is 73.3 Å². The lowest BCUT2D eigenvalue weighted by Crippen LogP contribution is -2.61. The molecule has 5 heterocycles. The number of aliphatic hydroxyl groups excluding tert-OH is 5. The number of aromatic amines is 1. The largest absolute Gasteiger partial charge is 0.394 e. The fourth-order valence-corrected chi connectivity index (χ4v) is 10.6. The molecule has 0 spiro atoms. The highest BCUT2D eigenvalue weighted by molar-refractivity contribution is 7.95. The lowest BCUT2D eigenvalue weighted by atomic mass is 9.96. The first-order valence-corrected chi connectivity index (χ1v) is 30.0. The monoisotopic (exact) mass is 1220 g/mol. The zero-order valence-electron chi connectivity index (χ0n) is 46.6. The lowest BCUT2D eigenvalue weighted by Gasteiger charge is -2.43. The molecule has 1 aliphatic rings. The molecule has 1 aliphatic heterocycles. The molecule has 0 aliphatic carbocycles. The summed E-state index contributed by atoms with van der Waals surface area (Å²) < 4.78 is 17.5. The number of nitrogens with two attached hydrogens (primary N) is 4. The van der Waals surface area contributed by atoms with E-state index in [1.165, 1.54) is 62.9 Å². The van der Waals surface area contributed by atoms with Gasteiger partial charge in [0.05, 0.1) is 78.6 Å². The second-order valence-electron chi connectivity index (χ2n) is 19.8. The number of carbonyl (C=O) groups is 7. The van der Waals surface area contributed by atoms with E-state index in [2.05, 4.69) is 74.3 Å². The fraction of sp³-hybridized carbons (Fsp3) is 0.592. The molecule has 0 aromatic carbocycles. The van der Waals surface area contributed by atoms with Crippen LogP contribution in [0.5, 0.6) is 0 Å². The van der Waals surface area contributed by atoms with Gasteiger partial charge in [0.2, 0.25) is 29.5 Å². The quantitative estimate of drug-likeness (QED) is 0.0161. The van der Waals surface area contributed by atoms with Crippen LogP contribution >= 0.6 is 22.7 Å². The number of amides is 7. The highest BCUT2D eigenvalue weighted by Gasteiger charge is 2.48. The molecule has 83 heavy (non-hydrogen) atoms. The summed E-state index contributed by atoms with van der Waals surface area (Å²) in [6.07, 6.45) is -5.52. The molecule has 0 saturated carbocycles. The minimum Gasteiger partial charge on any atom is -0.394 e. The molecule has 20 N–H and O–H groups in total. The van der Waals surface area contributed by atoms with Gasteiger partial charge in [0.1, 0.15) is 82.1 Å². The van der Waals surface area contributed by atoms with Crippen LogP contribution in [0.4, 0.5) is 5.82 Å². The SMILES string of the molecule is CO[C@H]1[C@@H](OC(c2cnc[nH]2)C(NC(=O)c2nc(C(CC(N)=O)NC[C@H](N)C(N)=O)nc(N)c2C)C(=O)NC(C)C(O)[C@H](C)C(=O)NC(C(=O)NCCc2nc(-c3nc(C(=O)NCCC[S+](C)C)cs3)cs2)[C@@H](C)O)O[C@H](CO)[C@H](O)[C@H]1O. The Labute approximate surface area is 488 Å². The van der Waals surface area contributed by atoms with Crippen molar-refractivity contribution in [3.63, 3.8) is 0 Å². The summed E-state index contributed by atoms with van der Waals surface area (Å²) >= 11 is 2.58. The standard InChI is InChI=1S/C49H74N16O15S3/c1-20-32(62-42(65-40(20)52)25(13-30(51)68)57-14-24(50)41(53)72)46(76)64-34(38(26-15-54-19-58-26)80-49-39(78-5)37(71)36(70)29(16-66)79-49)47(77)59-22(3)35(69)21(2)43(73)63-33(23(4)67)45(75)56-11-9-31-60-28(18-81-31)48-61-27(17-82-48)44(74)55-10-8-12-83(6)7/h15,17-19,21-25,29,33-39,49,57,66-67,69-71H,8-14,16,50H2,1-7H3,(H11-,51,52,53,54,55,56,58,59,62,63,64,65,68,72,73,74,75,76,77)/p+1/t21-,22?,23+,24-,25?,29+,33?,34?,35?,36-,37+,38?,39+,49+/m0/s1. The van der Waals surface area contributed by atoms with E-state index in [0.717, 1.165) is 19.3 Å². The topological polar surface area (TPSA) is 505 Å². The second kappa shape index (κ2) is 31.5. The summed E-state index contributed by atoms with van der Waals surface area (Å²) in [4.78, 5) is 118. The van der Waals surface area contributed by atoms with Crippen molar-refractivity contribution in [2.75, 3.05) is 57.3 Å². The third-order valence-corrected chi connectivity index (χ3v) is 16.1. The summed E-state index contributed by atoms with van der Waals surface area (Å²) in [7, 11) is 1.44. The number of nitrogens with one attached hydrogen (secondary N) is 7. The number of hydrogen-bond donors (Lipinski definition) is 16. The fourth-order valence-electron chi connectivity index (χ4n) is 8.31. The highest BCUT2D eigenvalue weighted by atomic mass is 32.2. The number of nitrogens with zero attached hydrogens (tertiary/aromatic N) is 5. The van der Waals surface area contributed by atoms with E-state index >= 15 is 0 Å². The summed E-state index contributed by atoms with van der Waals surface area (Å²) in [6.45, 7) is 4.77. The summed E-state index contributed by atoms with van der Waals surface area (Å²) in [6, 6.07) is -7.22. The van der Waals surface area contributed by atoms with Crippen LogP contribution in [0.1, 0.15) is 88.8 Å². The third-order valence-electron chi connectivity index (χ3n) is 13.2. The second-order valence-corrected chi connectivity index (χ2v) is 24.0. The van der Waals surface area contributed by atoms with Crippen LogP contribution in [0.3, 0.4) is 0 Å². The smallest absolute Gasteiger partial charge is 0.271 e. The normalized spacial score (nSPS) is 20.4. The molecule has 4 aromatic rings. The number of hydrogen-bond acceptors (Lipinski definition) is 25. The van der Waals surface area contributed by atoms with Crippen LogP contribution in [-0.2, 0) is 55.5 Å². The van der Waals surface area contributed by atoms with E-state index < -0.39 is 139 Å². The zero-order valence-corrected chi connectivity index (χ0v) is 49.1. The number of aliphatic hydroxyl groups is 5. The Morgan fingerprint density at radius 3 is 2.24 bits per heavy atom. The van der Waals surface area contributed by atoms with Crippen molar-refractivity contribution in [2.24, 2.45) is 23.1 Å². The molecule has 14 atom stereocenters. The van der Waals surface area contributed by atoms with Crippen LogP contribution in [0, 0.1) is 12.8 Å². The van der Waals surface area contributed by atoms with Crippen LogP contribution in [0.2, 0.25) is 0 Å². The molecule has 0 radical (unpaired) electrons. The molecule has 4 aromatic heterocycles. The maximum Gasteiger partial charge on any atom is 0.271 e. The van der Waals surface area contributed by atoms with Crippen LogP contribution in [0.15, 0.2) is 23.3 Å². The number of aromatic nitrogens is 6. The van der Waals surface area contributed by atoms with E-state index in [1.807, 2.05) is 0 Å². The van der Waals surface area contributed by atoms with E-state index in [4.69, 9.17) is 37.1 Å². The van der Waals surface area contributed by atoms with Crippen LogP contribution in [0.25, 0.3) is 10.7 Å². The van der Waals surface area contributed by atoms with E-state index in [0.29, 0.717) is 22.3 Å². The minimum absolute atomic E-state index is 0.0134. The third kappa shape index (κ3) is 18.5. The summed E-state index contributed by atoms with van der Waals surface area (Å²) in [5.74, 6) is -6.81. The average Bonchev–Trinajstić information content (AvgIpc) is 4.38. The Kier molecular flexibility index (Phi) is 25.6. The van der Waals surface area contributed by atoms with Crippen LogP contribution in [-0.4, -0.2) is 215 Å². The van der Waals surface area contributed by atoms with Crippen molar-refractivity contribution in [3.8, 4) is 10.7 Å². The molecular weight excluding hydrogens is 1150 g/mol. The van der Waals surface area contributed by atoms with E-state index in [9.17, 15) is 59.1 Å². The molecule has 458 valence electrons. The Morgan fingerprint density at radius 2 is 1.61 bits per heavy atom. The molecule has 7 amide bonds.